The summed E-state index contributed by atoms with van der Waals surface area (Å²) in [7, 11) is 1.64. The molecule has 25 heavy (non-hydrogen) atoms. The van der Waals surface area contributed by atoms with Gasteiger partial charge in [-0.2, -0.15) is 13.2 Å². The molecule has 0 saturated carbocycles. The van der Waals surface area contributed by atoms with E-state index in [0.717, 1.165) is 12.0 Å². The molecule has 0 aliphatic carbocycles. The van der Waals surface area contributed by atoms with Crippen molar-refractivity contribution in [1.29, 1.82) is 0 Å². The van der Waals surface area contributed by atoms with Gasteiger partial charge >= 0.3 is 6.18 Å². The third-order valence-electron chi connectivity index (χ3n) is 2.83. The van der Waals surface area contributed by atoms with Crippen molar-refractivity contribution in [3.63, 3.8) is 0 Å². The predicted molar refractivity (Wildman–Crippen MR) is 101 cm³/mol. The number of guanidine groups is 1. The molecule has 0 aliphatic heterocycles. The lowest BCUT2D eigenvalue weighted by Gasteiger charge is -2.13. The summed E-state index contributed by atoms with van der Waals surface area (Å²) in [6.07, 6.45) is -2.14. The van der Waals surface area contributed by atoms with Crippen LogP contribution >= 0.6 is 24.0 Å². The number of pyridine rings is 1. The molecule has 0 spiro atoms. The predicted octanol–water partition coefficient (Wildman–Crippen LogP) is 2.73. The molecule has 0 unspecified atom stereocenters. The van der Waals surface area contributed by atoms with Crippen molar-refractivity contribution in [1.82, 2.24) is 15.6 Å². The molecule has 0 aliphatic rings. The van der Waals surface area contributed by atoms with Crippen LogP contribution in [0.15, 0.2) is 23.3 Å². The second-order valence-electron chi connectivity index (χ2n) is 4.81. The monoisotopic (exact) mass is 476 g/mol. The zero-order chi connectivity index (χ0) is 17.8. The van der Waals surface area contributed by atoms with Crippen molar-refractivity contribution in [2.45, 2.75) is 26.1 Å². The topological polar surface area (TPSA) is 67.8 Å². The van der Waals surface area contributed by atoms with Crippen LogP contribution in [0.4, 0.5) is 13.2 Å². The molecule has 10 heteroatoms. The van der Waals surface area contributed by atoms with E-state index in [1.807, 2.05) is 6.92 Å². The third-order valence-corrected chi connectivity index (χ3v) is 2.83. The highest BCUT2D eigenvalue weighted by molar-refractivity contribution is 14.0. The van der Waals surface area contributed by atoms with Crippen LogP contribution in [0.5, 0.6) is 5.88 Å². The van der Waals surface area contributed by atoms with E-state index in [2.05, 4.69) is 25.3 Å². The molecule has 1 aromatic rings. The SMILES string of the molecule is CCOCCCNC(=NC)NCc1ccnc(OCC(F)(F)F)c1.I. The first-order chi connectivity index (χ1) is 11.4. The van der Waals surface area contributed by atoms with Crippen molar-refractivity contribution in [2.75, 3.05) is 33.4 Å². The summed E-state index contributed by atoms with van der Waals surface area (Å²) in [6.45, 7) is 3.03. The molecule has 0 saturated heterocycles. The standard InChI is InChI=1S/C15H23F3N4O2.HI/c1-3-23-8-4-6-21-14(19-2)22-10-12-5-7-20-13(9-12)24-11-15(16,17)18;/h5,7,9H,3-4,6,8,10-11H2,1-2H3,(H2,19,21,22);1H. The van der Waals surface area contributed by atoms with Crippen LogP contribution in [0.2, 0.25) is 0 Å². The summed E-state index contributed by atoms with van der Waals surface area (Å²) in [5.74, 6) is 0.535. The second-order valence-corrected chi connectivity index (χ2v) is 4.81. The zero-order valence-electron chi connectivity index (χ0n) is 14.2. The summed E-state index contributed by atoms with van der Waals surface area (Å²) in [5, 5.41) is 6.19. The lowest BCUT2D eigenvalue weighted by molar-refractivity contribution is -0.154. The van der Waals surface area contributed by atoms with E-state index >= 15 is 0 Å². The second kappa shape index (κ2) is 13.0. The largest absolute Gasteiger partial charge is 0.468 e. The maximum absolute atomic E-state index is 12.1. The van der Waals surface area contributed by atoms with Crippen molar-refractivity contribution in [3.05, 3.63) is 23.9 Å². The number of rotatable bonds is 9. The molecule has 0 aromatic carbocycles. The molecule has 0 bridgehead atoms. The Hall–Kier alpha value is -1.30. The lowest BCUT2D eigenvalue weighted by Crippen LogP contribution is -2.37. The van der Waals surface area contributed by atoms with E-state index in [0.29, 0.717) is 32.3 Å². The van der Waals surface area contributed by atoms with E-state index in [9.17, 15) is 13.2 Å². The summed E-state index contributed by atoms with van der Waals surface area (Å²) in [5.41, 5.74) is 0.736. The maximum atomic E-state index is 12.1. The highest BCUT2D eigenvalue weighted by Crippen LogP contribution is 2.17. The smallest absolute Gasteiger partial charge is 0.422 e. The van der Waals surface area contributed by atoms with Crippen molar-refractivity contribution in [3.8, 4) is 5.88 Å². The molecule has 2 N–H and O–H groups in total. The number of hydrogen-bond donors (Lipinski definition) is 2. The van der Waals surface area contributed by atoms with Crippen LogP contribution in [-0.4, -0.2) is 50.5 Å². The first-order valence-electron chi connectivity index (χ1n) is 7.61. The molecule has 0 fully saturated rings. The van der Waals surface area contributed by atoms with Gasteiger partial charge in [0.1, 0.15) is 0 Å². The molecule has 6 nitrogen and oxygen atoms in total. The summed E-state index contributed by atoms with van der Waals surface area (Å²) in [6, 6.07) is 3.15. The number of alkyl halides is 3. The first-order valence-corrected chi connectivity index (χ1v) is 7.61. The molecule has 1 heterocycles. The Balaban J connectivity index is 0.00000576. The molecule has 1 aromatic heterocycles. The Labute approximate surface area is 162 Å². The Bertz CT molecular complexity index is 516. The van der Waals surface area contributed by atoms with E-state index in [1.54, 1.807) is 13.1 Å². The lowest BCUT2D eigenvalue weighted by atomic mass is 10.2. The van der Waals surface area contributed by atoms with E-state index in [-0.39, 0.29) is 29.9 Å². The minimum Gasteiger partial charge on any atom is -0.468 e. The highest BCUT2D eigenvalue weighted by atomic mass is 127. The average Bonchev–Trinajstić information content (AvgIpc) is 2.55. The van der Waals surface area contributed by atoms with Gasteiger partial charge in [-0.05, 0) is 25.0 Å². The maximum Gasteiger partial charge on any atom is 0.422 e. The summed E-state index contributed by atoms with van der Waals surface area (Å²) >= 11 is 0. The molecule has 144 valence electrons. The zero-order valence-corrected chi connectivity index (χ0v) is 16.6. The van der Waals surface area contributed by atoms with E-state index < -0.39 is 12.8 Å². The van der Waals surface area contributed by atoms with Crippen LogP contribution in [0, 0.1) is 0 Å². The average molecular weight is 476 g/mol. The normalized spacial score (nSPS) is 11.6. The van der Waals surface area contributed by atoms with Gasteiger partial charge in [-0.25, -0.2) is 4.98 Å². The fourth-order valence-electron chi connectivity index (χ4n) is 1.73. The summed E-state index contributed by atoms with van der Waals surface area (Å²) < 4.78 is 46.3. The van der Waals surface area contributed by atoms with Gasteiger partial charge in [-0.15, -0.1) is 24.0 Å². The van der Waals surface area contributed by atoms with Crippen LogP contribution in [0.3, 0.4) is 0 Å². The first kappa shape index (κ1) is 23.7. The van der Waals surface area contributed by atoms with Crippen LogP contribution in [0.25, 0.3) is 0 Å². The molecular weight excluding hydrogens is 452 g/mol. The minimum atomic E-state index is -4.39. The number of hydrogen-bond acceptors (Lipinski definition) is 4. The number of halogens is 4. The van der Waals surface area contributed by atoms with Crippen molar-refractivity contribution >= 4 is 29.9 Å². The Morgan fingerprint density at radius 1 is 1.32 bits per heavy atom. The molecule has 0 radical (unpaired) electrons. The Kier molecular flexibility index (Phi) is 12.3. The van der Waals surface area contributed by atoms with Gasteiger partial charge in [0.2, 0.25) is 5.88 Å². The van der Waals surface area contributed by atoms with Gasteiger partial charge in [0.05, 0.1) is 0 Å². The van der Waals surface area contributed by atoms with Gasteiger partial charge in [-0.1, -0.05) is 0 Å². The molecular formula is C15H24F3IN4O2. The summed E-state index contributed by atoms with van der Waals surface area (Å²) in [4.78, 5) is 7.83. The minimum absolute atomic E-state index is 0. The number of nitrogens with zero attached hydrogens (tertiary/aromatic N) is 2. The fraction of sp³-hybridized carbons (Fsp3) is 0.600. The van der Waals surface area contributed by atoms with Crippen LogP contribution in [0.1, 0.15) is 18.9 Å². The Morgan fingerprint density at radius 2 is 2.08 bits per heavy atom. The highest BCUT2D eigenvalue weighted by Gasteiger charge is 2.28. The molecule has 0 atom stereocenters. The van der Waals surface area contributed by atoms with Gasteiger partial charge < -0.3 is 20.1 Å². The molecule has 1 rings (SSSR count). The van der Waals surface area contributed by atoms with Gasteiger partial charge in [0.25, 0.3) is 0 Å². The number of aliphatic imine (C=N–C) groups is 1. The number of nitrogens with one attached hydrogen (secondary N) is 2. The van der Waals surface area contributed by atoms with Crippen molar-refractivity contribution < 1.29 is 22.6 Å². The van der Waals surface area contributed by atoms with Gasteiger partial charge in [0, 0.05) is 45.6 Å². The Morgan fingerprint density at radius 3 is 2.72 bits per heavy atom. The third kappa shape index (κ3) is 11.8. The van der Waals surface area contributed by atoms with E-state index in [1.165, 1.54) is 12.3 Å². The van der Waals surface area contributed by atoms with Crippen LogP contribution in [-0.2, 0) is 11.3 Å². The van der Waals surface area contributed by atoms with Gasteiger partial charge in [0.15, 0.2) is 12.6 Å². The van der Waals surface area contributed by atoms with E-state index in [4.69, 9.17) is 4.74 Å². The fourth-order valence-corrected chi connectivity index (χ4v) is 1.73. The van der Waals surface area contributed by atoms with Crippen molar-refractivity contribution in [2.24, 2.45) is 4.99 Å². The van der Waals surface area contributed by atoms with Crippen LogP contribution < -0.4 is 15.4 Å². The quantitative estimate of drug-likeness (QED) is 0.249. The molecule has 0 amide bonds. The number of aromatic nitrogens is 1. The van der Waals surface area contributed by atoms with Gasteiger partial charge in [-0.3, -0.25) is 4.99 Å². The number of ether oxygens (including phenoxy) is 2.